The third-order valence-corrected chi connectivity index (χ3v) is 1.33. The zero-order chi connectivity index (χ0) is 8.85. The van der Waals surface area contributed by atoms with Crippen LogP contribution in [-0.4, -0.2) is 24.3 Å². The van der Waals surface area contributed by atoms with Crippen molar-refractivity contribution in [3.63, 3.8) is 0 Å². The van der Waals surface area contributed by atoms with Gasteiger partial charge in [0.1, 0.15) is 0 Å². The van der Waals surface area contributed by atoms with Gasteiger partial charge in [-0.1, -0.05) is 6.92 Å². The van der Waals surface area contributed by atoms with E-state index in [9.17, 15) is 9.18 Å². The van der Waals surface area contributed by atoms with E-state index in [0.717, 1.165) is 6.21 Å². The van der Waals surface area contributed by atoms with Crippen LogP contribution in [0, 0.1) is 5.41 Å². The zero-order valence-corrected chi connectivity index (χ0v) is 6.73. The predicted molar refractivity (Wildman–Crippen MR) is 41.6 cm³/mol. The highest BCUT2D eigenvalue weighted by molar-refractivity contribution is 5.83. The van der Waals surface area contributed by atoms with E-state index in [-0.39, 0.29) is 6.04 Å². The van der Waals surface area contributed by atoms with Crippen LogP contribution in [0.25, 0.3) is 0 Å². The van der Waals surface area contributed by atoms with Gasteiger partial charge in [-0.05, 0) is 13.3 Å². The lowest BCUT2D eigenvalue weighted by molar-refractivity contribution is -0.125. The summed E-state index contributed by atoms with van der Waals surface area (Å²) in [6, 6.07) is -0.333. The molecule has 0 aliphatic heterocycles. The molecule has 0 aromatic rings. The maximum absolute atomic E-state index is 12.2. The van der Waals surface area contributed by atoms with Crippen molar-refractivity contribution in [2.75, 3.05) is 0 Å². The van der Waals surface area contributed by atoms with Crippen molar-refractivity contribution in [2.24, 2.45) is 0 Å². The minimum absolute atomic E-state index is 0.333. The Labute approximate surface area is 65.5 Å². The van der Waals surface area contributed by atoms with Crippen LogP contribution in [0.5, 0.6) is 0 Å². The Morgan fingerprint density at radius 1 is 1.82 bits per heavy atom. The molecule has 2 N–H and O–H groups in total. The molecule has 64 valence electrons. The van der Waals surface area contributed by atoms with Gasteiger partial charge in [0.25, 0.3) is 5.91 Å². The van der Waals surface area contributed by atoms with E-state index in [1.807, 2.05) is 6.92 Å². The topological polar surface area (TPSA) is 53.0 Å². The largest absolute Gasteiger partial charge is 0.346 e. The first kappa shape index (κ1) is 10.1. The Kier molecular flexibility index (Phi) is 4.41. The minimum atomic E-state index is -1.50. The lowest BCUT2D eigenvalue weighted by Crippen LogP contribution is -2.39. The summed E-state index contributed by atoms with van der Waals surface area (Å²) in [7, 11) is 0. The van der Waals surface area contributed by atoms with Gasteiger partial charge >= 0.3 is 0 Å². The van der Waals surface area contributed by atoms with E-state index in [2.05, 4.69) is 5.32 Å². The standard InChI is InChI=1S/C7H13FN2O/c1-3-6(4-9)10-7(11)5(2)8/h4-6,9H,3H2,1-2H3,(H,10,11)/t5?,6-/m0/s1. The molecule has 3 nitrogen and oxygen atoms in total. The molecule has 0 aliphatic rings. The molecule has 0 fully saturated rings. The smallest absolute Gasteiger partial charge is 0.254 e. The SMILES string of the molecule is CC[C@@H](C=N)NC(=O)C(C)F. The van der Waals surface area contributed by atoms with Crippen LogP contribution >= 0.6 is 0 Å². The van der Waals surface area contributed by atoms with Gasteiger partial charge in [0.15, 0.2) is 6.17 Å². The van der Waals surface area contributed by atoms with Crippen LogP contribution in [0.15, 0.2) is 0 Å². The molecule has 4 heteroatoms. The second kappa shape index (κ2) is 4.82. The molecule has 0 rings (SSSR count). The van der Waals surface area contributed by atoms with Crippen molar-refractivity contribution in [3.05, 3.63) is 0 Å². The van der Waals surface area contributed by atoms with E-state index in [1.165, 1.54) is 6.92 Å². The van der Waals surface area contributed by atoms with E-state index in [0.29, 0.717) is 6.42 Å². The Bertz CT molecular complexity index is 147. The van der Waals surface area contributed by atoms with E-state index >= 15 is 0 Å². The number of hydrogen-bond donors (Lipinski definition) is 2. The summed E-state index contributed by atoms with van der Waals surface area (Å²) in [5.41, 5.74) is 0. The molecule has 0 saturated carbocycles. The molecule has 1 unspecified atom stereocenters. The molecular weight excluding hydrogens is 147 g/mol. The first-order valence-corrected chi connectivity index (χ1v) is 3.56. The van der Waals surface area contributed by atoms with Gasteiger partial charge in [-0.25, -0.2) is 4.39 Å². The van der Waals surface area contributed by atoms with Crippen LogP contribution in [-0.2, 0) is 4.79 Å². The highest BCUT2D eigenvalue weighted by Crippen LogP contribution is 1.91. The molecule has 0 heterocycles. The van der Waals surface area contributed by atoms with Crippen molar-refractivity contribution in [2.45, 2.75) is 32.5 Å². The normalized spacial score (nSPS) is 15.2. The fraction of sp³-hybridized carbons (Fsp3) is 0.714. The molecule has 11 heavy (non-hydrogen) atoms. The second-order valence-corrected chi connectivity index (χ2v) is 2.31. The van der Waals surface area contributed by atoms with Gasteiger partial charge in [0, 0.05) is 6.21 Å². The summed E-state index contributed by atoms with van der Waals surface area (Å²) >= 11 is 0. The lowest BCUT2D eigenvalue weighted by Gasteiger charge is -2.11. The average molecular weight is 160 g/mol. The summed E-state index contributed by atoms with van der Waals surface area (Å²) < 4.78 is 12.2. The van der Waals surface area contributed by atoms with E-state index < -0.39 is 12.1 Å². The Morgan fingerprint density at radius 2 is 2.36 bits per heavy atom. The molecular formula is C7H13FN2O. The highest BCUT2D eigenvalue weighted by atomic mass is 19.1. The zero-order valence-electron chi connectivity index (χ0n) is 6.73. The quantitative estimate of drug-likeness (QED) is 0.589. The van der Waals surface area contributed by atoms with Crippen LogP contribution < -0.4 is 5.32 Å². The van der Waals surface area contributed by atoms with Crippen LogP contribution in [0.3, 0.4) is 0 Å². The summed E-state index contributed by atoms with van der Waals surface area (Å²) in [6.07, 6.45) is 0.214. The first-order chi connectivity index (χ1) is 5.11. The van der Waals surface area contributed by atoms with Gasteiger partial charge in [0.05, 0.1) is 6.04 Å². The number of hydrogen-bond acceptors (Lipinski definition) is 2. The minimum Gasteiger partial charge on any atom is -0.346 e. The number of nitrogens with one attached hydrogen (secondary N) is 2. The maximum Gasteiger partial charge on any atom is 0.254 e. The lowest BCUT2D eigenvalue weighted by atomic mass is 10.2. The monoisotopic (exact) mass is 160 g/mol. The number of carbonyl (C=O) groups excluding carboxylic acids is 1. The van der Waals surface area contributed by atoms with Crippen molar-refractivity contribution in [3.8, 4) is 0 Å². The summed E-state index contributed by atoms with van der Waals surface area (Å²) in [5, 5.41) is 9.19. The third kappa shape index (κ3) is 3.70. The molecule has 0 radical (unpaired) electrons. The first-order valence-electron chi connectivity index (χ1n) is 3.56. The molecule has 1 amide bonds. The van der Waals surface area contributed by atoms with Gasteiger partial charge in [-0.15, -0.1) is 0 Å². The molecule has 0 saturated heterocycles. The van der Waals surface area contributed by atoms with E-state index in [4.69, 9.17) is 5.41 Å². The molecule has 0 bridgehead atoms. The van der Waals surface area contributed by atoms with Crippen molar-refractivity contribution < 1.29 is 9.18 Å². The van der Waals surface area contributed by atoms with Crippen molar-refractivity contribution >= 4 is 12.1 Å². The van der Waals surface area contributed by atoms with Crippen molar-refractivity contribution in [1.82, 2.24) is 5.32 Å². The highest BCUT2D eigenvalue weighted by Gasteiger charge is 2.13. The Morgan fingerprint density at radius 3 is 2.64 bits per heavy atom. The maximum atomic E-state index is 12.2. The average Bonchev–Trinajstić information content (AvgIpc) is 1.99. The Hall–Kier alpha value is -0.930. The van der Waals surface area contributed by atoms with Gasteiger partial charge < -0.3 is 10.7 Å². The fourth-order valence-corrected chi connectivity index (χ4v) is 0.559. The van der Waals surface area contributed by atoms with Gasteiger partial charge in [0.2, 0.25) is 0 Å². The third-order valence-electron chi connectivity index (χ3n) is 1.33. The fourth-order valence-electron chi connectivity index (χ4n) is 0.559. The summed E-state index contributed by atoms with van der Waals surface area (Å²) in [6.45, 7) is 2.99. The number of alkyl halides is 1. The number of amides is 1. The molecule has 0 aromatic carbocycles. The number of rotatable bonds is 4. The van der Waals surface area contributed by atoms with Gasteiger partial charge in [-0.3, -0.25) is 4.79 Å². The molecule has 0 aliphatic carbocycles. The summed E-state index contributed by atoms with van der Waals surface area (Å²) in [5.74, 6) is -0.652. The van der Waals surface area contributed by atoms with Crippen molar-refractivity contribution in [1.29, 1.82) is 5.41 Å². The number of carbonyl (C=O) groups is 1. The van der Waals surface area contributed by atoms with Crippen LogP contribution in [0.4, 0.5) is 4.39 Å². The summed E-state index contributed by atoms with van der Waals surface area (Å²) in [4.78, 5) is 10.7. The molecule has 0 aromatic heterocycles. The number of halogens is 1. The van der Waals surface area contributed by atoms with Crippen LogP contribution in [0.1, 0.15) is 20.3 Å². The predicted octanol–water partition coefficient (Wildman–Crippen LogP) is 0.889. The Balaban J connectivity index is 3.81. The van der Waals surface area contributed by atoms with E-state index in [1.54, 1.807) is 0 Å². The second-order valence-electron chi connectivity index (χ2n) is 2.31. The van der Waals surface area contributed by atoms with Gasteiger partial charge in [-0.2, -0.15) is 0 Å². The molecule has 0 spiro atoms. The van der Waals surface area contributed by atoms with Crippen LogP contribution in [0.2, 0.25) is 0 Å². The molecule has 2 atom stereocenters.